The SMILES string of the molecule is [C-]#[N+]c1c(F)ccc(C(C)(c2cc(N(C)C)ccn2)c2ccc(F)c(C#N)c2F)c1F. The standard InChI is InChI=1S/C23H16F4N4/c1-23(19-11-13(31(3)4)9-10-30-19,15-5-7-17(24)14(12-28)20(15)26)16-6-8-18(25)22(29-2)21(16)27/h5-11H,1,3-4H3. The van der Waals surface area contributed by atoms with E-state index >= 15 is 8.78 Å². The number of pyridine rings is 1. The number of nitrogens with zero attached hydrogens (tertiary/aromatic N) is 4. The Morgan fingerprint density at radius 3 is 2.19 bits per heavy atom. The van der Waals surface area contributed by atoms with Crippen LogP contribution in [0.5, 0.6) is 0 Å². The summed E-state index contributed by atoms with van der Waals surface area (Å²) in [4.78, 5) is 8.94. The van der Waals surface area contributed by atoms with E-state index in [0.29, 0.717) is 5.69 Å². The number of hydrogen-bond donors (Lipinski definition) is 0. The lowest BCUT2D eigenvalue weighted by atomic mass is 9.72. The molecule has 4 nitrogen and oxygen atoms in total. The van der Waals surface area contributed by atoms with Crippen LogP contribution >= 0.6 is 0 Å². The summed E-state index contributed by atoms with van der Waals surface area (Å²) in [5, 5.41) is 9.20. The fourth-order valence-corrected chi connectivity index (χ4v) is 3.46. The molecule has 0 radical (unpaired) electrons. The minimum absolute atomic E-state index is 0.162. The van der Waals surface area contributed by atoms with Gasteiger partial charge in [0.1, 0.15) is 34.9 Å². The van der Waals surface area contributed by atoms with E-state index in [9.17, 15) is 14.0 Å². The molecular weight excluding hydrogens is 408 g/mol. The molecule has 3 aromatic rings. The maximum atomic E-state index is 15.3. The molecular formula is C23H16F4N4. The second-order valence-corrected chi connectivity index (χ2v) is 7.18. The van der Waals surface area contributed by atoms with E-state index in [0.717, 1.165) is 24.3 Å². The van der Waals surface area contributed by atoms with Crippen LogP contribution in [-0.4, -0.2) is 19.1 Å². The molecule has 0 spiro atoms. The predicted molar refractivity (Wildman–Crippen MR) is 108 cm³/mol. The minimum atomic E-state index is -1.72. The van der Waals surface area contributed by atoms with E-state index in [1.165, 1.54) is 19.2 Å². The molecule has 1 heterocycles. The van der Waals surface area contributed by atoms with Crippen LogP contribution < -0.4 is 4.90 Å². The van der Waals surface area contributed by atoms with Crippen LogP contribution in [0.2, 0.25) is 0 Å². The third kappa shape index (κ3) is 3.47. The molecule has 0 bridgehead atoms. The van der Waals surface area contributed by atoms with Gasteiger partial charge in [0.2, 0.25) is 0 Å². The summed E-state index contributed by atoms with van der Waals surface area (Å²) in [6, 6.07) is 8.73. The van der Waals surface area contributed by atoms with E-state index in [1.807, 2.05) is 0 Å². The first kappa shape index (κ1) is 21.8. The van der Waals surface area contributed by atoms with Crippen LogP contribution in [0.3, 0.4) is 0 Å². The second kappa shape index (κ2) is 8.08. The van der Waals surface area contributed by atoms with Crippen molar-refractivity contribution in [1.82, 2.24) is 4.98 Å². The highest BCUT2D eigenvalue weighted by Gasteiger charge is 2.40. The van der Waals surface area contributed by atoms with E-state index in [4.69, 9.17) is 6.57 Å². The number of halogens is 4. The molecule has 0 aliphatic heterocycles. The summed E-state index contributed by atoms with van der Waals surface area (Å²) in [6.45, 7) is 8.54. The third-order valence-corrected chi connectivity index (χ3v) is 5.23. The van der Waals surface area contributed by atoms with Crippen molar-refractivity contribution < 1.29 is 17.6 Å². The second-order valence-electron chi connectivity index (χ2n) is 7.18. The molecule has 1 unspecified atom stereocenters. The number of aromatic nitrogens is 1. The molecule has 3 rings (SSSR count). The van der Waals surface area contributed by atoms with Crippen molar-refractivity contribution >= 4 is 11.4 Å². The van der Waals surface area contributed by atoms with Crippen molar-refractivity contribution in [1.29, 1.82) is 5.26 Å². The van der Waals surface area contributed by atoms with Gasteiger partial charge in [-0.05, 0) is 36.8 Å². The third-order valence-electron chi connectivity index (χ3n) is 5.23. The van der Waals surface area contributed by atoms with Crippen LogP contribution in [0.15, 0.2) is 42.6 Å². The number of nitriles is 1. The molecule has 1 aromatic heterocycles. The monoisotopic (exact) mass is 424 g/mol. The molecule has 8 heteroatoms. The van der Waals surface area contributed by atoms with Gasteiger partial charge in [-0.3, -0.25) is 4.98 Å². The Labute approximate surface area is 176 Å². The first-order valence-corrected chi connectivity index (χ1v) is 9.05. The molecule has 2 aromatic carbocycles. The summed E-state index contributed by atoms with van der Waals surface area (Å²) in [5.74, 6) is -4.50. The van der Waals surface area contributed by atoms with E-state index < -0.39 is 39.9 Å². The highest BCUT2D eigenvalue weighted by molar-refractivity contribution is 5.59. The van der Waals surface area contributed by atoms with Gasteiger partial charge in [-0.15, -0.1) is 0 Å². The maximum Gasteiger partial charge on any atom is 0.257 e. The summed E-state index contributed by atoms with van der Waals surface area (Å²) in [7, 11) is 3.52. The molecule has 0 N–H and O–H groups in total. The Balaban J connectivity index is 2.47. The number of hydrogen-bond acceptors (Lipinski definition) is 3. The zero-order valence-electron chi connectivity index (χ0n) is 16.8. The average Bonchev–Trinajstić information content (AvgIpc) is 2.74. The van der Waals surface area contributed by atoms with Crippen LogP contribution in [0.4, 0.5) is 28.9 Å². The minimum Gasteiger partial charge on any atom is -0.378 e. The summed E-state index contributed by atoms with van der Waals surface area (Å²) in [6.07, 6.45) is 1.44. The van der Waals surface area contributed by atoms with Gasteiger partial charge in [0.15, 0.2) is 0 Å². The molecule has 0 saturated carbocycles. The lowest BCUT2D eigenvalue weighted by Gasteiger charge is -2.32. The predicted octanol–water partition coefficient (Wildman–Crippen LogP) is 5.48. The lowest BCUT2D eigenvalue weighted by Crippen LogP contribution is -2.30. The van der Waals surface area contributed by atoms with Crippen molar-refractivity contribution in [3.05, 3.63) is 99.7 Å². The van der Waals surface area contributed by atoms with Crippen LogP contribution in [0, 0.1) is 41.2 Å². The molecule has 0 amide bonds. The molecule has 0 fully saturated rings. The fourth-order valence-electron chi connectivity index (χ4n) is 3.46. The number of rotatable bonds is 4. The average molecular weight is 424 g/mol. The van der Waals surface area contributed by atoms with E-state index in [-0.39, 0.29) is 16.8 Å². The van der Waals surface area contributed by atoms with Gasteiger partial charge < -0.3 is 4.90 Å². The van der Waals surface area contributed by atoms with E-state index in [1.54, 1.807) is 31.1 Å². The highest BCUT2D eigenvalue weighted by Crippen LogP contribution is 2.44. The number of benzene rings is 2. The highest BCUT2D eigenvalue weighted by atomic mass is 19.1. The summed E-state index contributed by atoms with van der Waals surface area (Å²) < 4.78 is 58.6. The van der Waals surface area contributed by atoms with Crippen LogP contribution in [-0.2, 0) is 5.41 Å². The van der Waals surface area contributed by atoms with Crippen LogP contribution in [0.1, 0.15) is 29.3 Å². The van der Waals surface area contributed by atoms with Gasteiger partial charge >= 0.3 is 0 Å². The van der Waals surface area contributed by atoms with Gasteiger partial charge in [-0.1, -0.05) is 12.1 Å². The van der Waals surface area contributed by atoms with Crippen molar-refractivity contribution in [3.8, 4) is 6.07 Å². The van der Waals surface area contributed by atoms with Crippen molar-refractivity contribution in [2.45, 2.75) is 12.3 Å². The van der Waals surface area contributed by atoms with Crippen LogP contribution in [0.25, 0.3) is 4.85 Å². The number of anilines is 1. The zero-order valence-corrected chi connectivity index (χ0v) is 16.8. The van der Waals surface area contributed by atoms with Crippen molar-refractivity contribution in [2.75, 3.05) is 19.0 Å². The van der Waals surface area contributed by atoms with Gasteiger partial charge in [0, 0.05) is 31.5 Å². The molecule has 0 aliphatic rings. The molecule has 156 valence electrons. The maximum absolute atomic E-state index is 15.3. The zero-order chi connectivity index (χ0) is 22.9. The quantitative estimate of drug-likeness (QED) is 0.412. The Morgan fingerprint density at radius 1 is 1.00 bits per heavy atom. The smallest absolute Gasteiger partial charge is 0.257 e. The first-order chi connectivity index (χ1) is 14.7. The largest absolute Gasteiger partial charge is 0.378 e. The fraction of sp³-hybridized carbons (Fsp3) is 0.174. The molecule has 31 heavy (non-hydrogen) atoms. The molecule has 0 saturated heterocycles. The van der Waals surface area contributed by atoms with E-state index in [2.05, 4.69) is 9.83 Å². The Morgan fingerprint density at radius 2 is 1.61 bits per heavy atom. The van der Waals surface area contributed by atoms with Crippen molar-refractivity contribution in [2.24, 2.45) is 0 Å². The topological polar surface area (TPSA) is 44.3 Å². The van der Waals surface area contributed by atoms with Gasteiger partial charge in [0.05, 0.1) is 17.7 Å². The summed E-state index contributed by atoms with van der Waals surface area (Å²) in [5.41, 5.74) is -3.06. The Hall–Kier alpha value is -3.91. The Kier molecular flexibility index (Phi) is 5.68. The van der Waals surface area contributed by atoms with Gasteiger partial charge in [-0.25, -0.2) is 22.4 Å². The lowest BCUT2D eigenvalue weighted by molar-refractivity contribution is 0.512. The van der Waals surface area contributed by atoms with Crippen molar-refractivity contribution in [3.63, 3.8) is 0 Å². The summed E-state index contributed by atoms with van der Waals surface area (Å²) >= 11 is 0. The van der Waals surface area contributed by atoms with Gasteiger partial charge in [-0.2, -0.15) is 5.26 Å². The normalized spacial score (nSPS) is 12.5. The molecule has 0 aliphatic carbocycles. The van der Waals surface area contributed by atoms with Gasteiger partial charge in [0.25, 0.3) is 5.69 Å². The first-order valence-electron chi connectivity index (χ1n) is 9.05. The Bertz CT molecular complexity index is 1190. The molecule has 1 atom stereocenters.